The van der Waals surface area contributed by atoms with E-state index in [0.717, 1.165) is 73.3 Å². The first-order valence-corrected chi connectivity index (χ1v) is 24.0. The SMILES string of the molecule is CNC(=O)c1cccc(NC(=O)C(=N)c2c(NC)ccc(-c3ccc(N4CCCC4=O)cc3-c3cccc(C4CCN(CCc5cccc6c5C(C)(C)C(=O)N6C5CCC(=O)NC5=O)CC4)c3)c2F)c1. The van der Waals surface area contributed by atoms with Crippen molar-refractivity contribution in [2.24, 2.45) is 0 Å². The van der Waals surface area contributed by atoms with E-state index in [1.165, 1.54) is 13.1 Å². The Labute approximate surface area is 406 Å². The number of benzene rings is 5. The highest BCUT2D eigenvalue weighted by atomic mass is 19.1. The van der Waals surface area contributed by atoms with Gasteiger partial charge in [-0.05, 0) is 147 Å². The number of fused-ring (bicyclic) bond motifs is 1. The fourth-order valence-corrected chi connectivity index (χ4v) is 10.7. The normalized spacial score (nSPS) is 18.2. The van der Waals surface area contributed by atoms with Crippen LogP contribution in [0.5, 0.6) is 0 Å². The maximum Gasteiger partial charge on any atom is 0.274 e. The quantitative estimate of drug-likeness (QED) is 0.0592. The molecule has 5 aromatic carbocycles. The zero-order chi connectivity index (χ0) is 49.4. The van der Waals surface area contributed by atoms with Crippen molar-refractivity contribution in [1.29, 1.82) is 5.41 Å². The van der Waals surface area contributed by atoms with Gasteiger partial charge >= 0.3 is 0 Å². The molecule has 4 aliphatic rings. The molecule has 5 N–H and O–H groups in total. The van der Waals surface area contributed by atoms with Gasteiger partial charge in [-0.25, -0.2) is 4.39 Å². The highest BCUT2D eigenvalue weighted by Crippen LogP contribution is 2.46. The molecular formula is C55H57FN8O6. The van der Waals surface area contributed by atoms with E-state index in [1.807, 2.05) is 56.3 Å². The minimum atomic E-state index is -0.856. The van der Waals surface area contributed by atoms with Gasteiger partial charge in [0.2, 0.25) is 23.6 Å². The van der Waals surface area contributed by atoms with Crippen molar-refractivity contribution < 1.29 is 33.2 Å². The van der Waals surface area contributed by atoms with E-state index < -0.39 is 34.8 Å². The van der Waals surface area contributed by atoms with E-state index in [-0.39, 0.29) is 58.5 Å². The van der Waals surface area contributed by atoms with Gasteiger partial charge in [-0.15, -0.1) is 0 Å². The van der Waals surface area contributed by atoms with Gasteiger partial charge in [0, 0.05) is 73.9 Å². The molecule has 0 aliphatic carbocycles. The number of anilines is 4. The van der Waals surface area contributed by atoms with Crippen LogP contribution in [-0.4, -0.2) is 92.4 Å². The summed E-state index contributed by atoms with van der Waals surface area (Å²) < 4.78 is 17.2. The summed E-state index contributed by atoms with van der Waals surface area (Å²) in [5.41, 5.74) is 6.05. The Kier molecular flexibility index (Phi) is 13.2. The molecule has 360 valence electrons. The number of amides is 6. The predicted molar refractivity (Wildman–Crippen MR) is 269 cm³/mol. The fourth-order valence-electron chi connectivity index (χ4n) is 10.7. The van der Waals surface area contributed by atoms with Gasteiger partial charge in [-0.1, -0.05) is 48.5 Å². The predicted octanol–water partition coefficient (Wildman–Crippen LogP) is 7.55. The summed E-state index contributed by atoms with van der Waals surface area (Å²) in [6.07, 6.45) is 4.21. The monoisotopic (exact) mass is 944 g/mol. The molecule has 1 unspecified atom stereocenters. The lowest BCUT2D eigenvalue weighted by Gasteiger charge is -2.33. The summed E-state index contributed by atoms with van der Waals surface area (Å²) in [4.78, 5) is 83.4. The number of piperidine rings is 2. The summed E-state index contributed by atoms with van der Waals surface area (Å²) in [6.45, 7) is 6.91. The van der Waals surface area contributed by atoms with Crippen LogP contribution >= 0.6 is 0 Å². The lowest BCUT2D eigenvalue weighted by molar-refractivity contribution is -0.136. The Morgan fingerprint density at radius 1 is 0.829 bits per heavy atom. The fraction of sp³-hybridized carbons (Fsp3) is 0.327. The number of hydrogen-bond acceptors (Lipinski definition) is 9. The zero-order valence-electron chi connectivity index (χ0n) is 39.8. The average molecular weight is 945 g/mol. The second kappa shape index (κ2) is 19.5. The van der Waals surface area contributed by atoms with Gasteiger partial charge in [0.1, 0.15) is 17.6 Å². The molecule has 1 atom stereocenters. The van der Waals surface area contributed by atoms with Crippen molar-refractivity contribution in [1.82, 2.24) is 15.5 Å². The van der Waals surface area contributed by atoms with Crippen molar-refractivity contribution in [2.75, 3.05) is 60.7 Å². The number of carbonyl (C=O) groups excluding carboxylic acids is 6. The molecule has 14 nitrogen and oxygen atoms in total. The number of hydrogen-bond donors (Lipinski definition) is 5. The van der Waals surface area contributed by atoms with Gasteiger partial charge in [-0.2, -0.15) is 0 Å². The summed E-state index contributed by atoms with van der Waals surface area (Å²) in [5.74, 6) is -2.59. The number of imide groups is 1. The first-order valence-electron chi connectivity index (χ1n) is 24.0. The van der Waals surface area contributed by atoms with Crippen LogP contribution in [0.25, 0.3) is 22.3 Å². The molecule has 15 heteroatoms. The molecule has 4 aliphatic heterocycles. The number of nitrogens with one attached hydrogen (secondary N) is 5. The van der Waals surface area contributed by atoms with Gasteiger partial charge in [0.15, 0.2) is 0 Å². The molecule has 9 rings (SSSR count). The van der Waals surface area contributed by atoms with Crippen molar-refractivity contribution in [3.05, 3.63) is 131 Å². The van der Waals surface area contributed by atoms with E-state index in [1.54, 1.807) is 47.2 Å². The van der Waals surface area contributed by atoms with Crippen LogP contribution in [0.2, 0.25) is 0 Å². The van der Waals surface area contributed by atoms with Crippen LogP contribution in [0, 0.1) is 11.2 Å². The second-order valence-corrected chi connectivity index (χ2v) is 19.0. The maximum absolute atomic E-state index is 17.2. The lowest BCUT2D eigenvalue weighted by Crippen LogP contribution is -2.55. The first-order chi connectivity index (χ1) is 33.7. The third-order valence-corrected chi connectivity index (χ3v) is 14.4. The highest BCUT2D eigenvalue weighted by Gasteiger charge is 2.50. The van der Waals surface area contributed by atoms with Crippen molar-refractivity contribution >= 4 is 63.9 Å². The Morgan fingerprint density at radius 3 is 2.31 bits per heavy atom. The Bertz CT molecular complexity index is 2980. The zero-order valence-corrected chi connectivity index (χ0v) is 39.8. The molecule has 70 heavy (non-hydrogen) atoms. The molecule has 0 aromatic heterocycles. The molecule has 4 heterocycles. The van der Waals surface area contributed by atoms with E-state index in [0.29, 0.717) is 41.8 Å². The first kappa shape index (κ1) is 47.5. The van der Waals surface area contributed by atoms with Gasteiger partial charge in [0.25, 0.3) is 11.8 Å². The van der Waals surface area contributed by atoms with Gasteiger partial charge < -0.3 is 25.8 Å². The van der Waals surface area contributed by atoms with Crippen molar-refractivity contribution in [3.63, 3.8) is 0 Å². The Morgan fingerprint density at radius 2 is 1.59 bits per heavy atom. The summed E-state index contributed by atoms with van der Waals surface area (Å²) in [7, 11) is 3.10. The summed E-state index contributed by atoms with van der Waals surface area (Å²) in [5, 5.41) is 19.5. The van der Waals surface area contributed by atoms with Crippen LogP contribution in [0.3, 0.4) is 0 Å². The number of rotatable bonds is 13. The van der Waals surface area contributed by atoms with Crippen molar-refractivity contribution in [2.45, 2.75) is 76.2 Å². The minimum absolute atomic E-state index is 0.0226. The third-order valence-electron chi connectivity index (χ3n) is 14.4. The molecule has 5 aromatic rings. The van der Waals surface area contributed by atoms with Crippen LogP contribution in [0.1, 0.15) is 90.9 Å². The van der Waals surface area contributed by atoms with E-state index >= 15 is 4.39 Å². The van der Waals surface area contributed by atoms with Gasteiger partial charge in [-0.3, -0.25) is 44.4 Å². The average Bonchev–Trinajstić information content (AvgIpc) is 3.89. The lowest BCUT2D eigenvalue weighted by atomic mass is 9.82. The number of carbonyl (C=O) groups is 6. The van der Waals surface area contributed by atoms with Crippen molar-refractivity contribution in [3.8, 4) is 22.3 Å². The maximum atomic E-state index is 17.2. The van der Waals surface area contributed by atoms with E-state index in [4.69, 9.17) is 5.41 Å². The number of likely N-dealkylation sites (tertiary alicyclic amines) is 1. The molecule has 0 spiro atoms. The molecule has 0 radical (unpaired) electrons. The topological polar surface area (TPSA) is 184 Å². The molecule has 3 saturated heterocycles. The third kappa shape index (κ3) is 8.97. The van der Waals surface area contributed by atoms with E-state index in [9.17, 15) is 28.8 Å². The summed E-state index contributed by atoms with van der Waals surface area (Å²) >= 11 is 0. The number of nitrogens with zero attached hydrogens (tertiary/aromatic N) is 3. The largest absolute Gasteiger partial charge is 0.387 e. The molecule has 3 fully saturated rings. The van der Waals surface area contributed by atoms with Gasteiger partial charge in [0.05, 0.1) is 11.0 Å². The van der Waals surface area contributed by atoms with Crippen LogP contribution in [0.4, 0.5) is 27.1 Å². The molecule has 0 saturated carbocycles. The highest BCUT2D eigenvalue weighted by molar-refractivity contribution is 6.49. The van der Waals surface area contributed by atoms with Crippen LogP contribution in [0.15, 0.2) is 97.1 Å². The van der Waals surface area contributed by atoms with E-state index in [2.05, 4.69) is 44.4 Å². The molecule has 0 bridgehead atoms. The van der Waals surface area contributed by atoms with Crippen LogP contribution < -0.4 is 31.1 Å². The minimum Gasteiger partial charge on any atom is -0.387 e. The van der Waals surface area contributed by atoms with Crippen LogP contribution in [-0.2, 0) is 35.8 Å². The Balaban J connectivity index is 0.953. The smallest absolute Gasteiger partial charge is 0.274 e. The Hall–Kier alpha value is -7.52. The molecule has 6 amide bonds. The standard InChI is InChI=1S/C55H57FN8O6/c1-55(2)48-33(9-7-14-43(48)64(54(55)70)44-20-21-45(65)61-52(44)68)24-28-62-26-22-32(23-27-62)34-10-5-11-35(29-34)41-31-38(63-25-8-15-46(63)66)16-17-39(41)40-18-19-42(58-3)47(49(40)56)50(57)53(69)60-37-13-6-12-36(30-37)51(67)59-4/h5-7,9-14,16-19,29-32,44,57-58H,8,15,20-28H2,1-4H3,(H,59,67)(H,60,69)(H,61,65,68). The summed E-state index contributed by atoms with van der Waals surface area (Å²) in [6, 6.07) is 28.6. The molecular weight excluding hydrogens is 888 g/mol. The second-order valence-electron chi connectivity index (χ2n) is 19.0. The number of halogens is 1.